The van der Waals surface area contributed by atoms with Crippen molar-refractivity contribution in [3.8, 4) is 0 Å². The molecule has 0 spiro atoms. The predicted molar refractivity (Wildman–Crippen MR) is 45.2 cm³/mol. The third-order valence-corrected chi connectivity index (χ3v) is 2.25. The fourth-order valence-corrected chi connectivity index (χ4v) is 1.51. The second-order valence-corrected chi connectivity index (χ2v) is 3.35. The van der Waals surface area contributed by atoms with Gasteiger partial charge in [0.25, 0.3) is 0 Å². The molecule has 0 aliphatic heterocycles. The molecule has 1 aliphatic rings. The van der Waals surface area contributed by atoms with Crippen LogP contribution in [0.4, 0.5) is 0 Å². The highest BCUT2D eigenvalue weighted by Gasteiger charge is 2.28. The number of rotatable bonds is 2. The number of imidazole rings is 1. The van der Waals surface area contributed by atoms with Crippen LogP contribution in [0.15, 0.2) is 6.20 Å². The number of aromatic nitrogens is 2. The molecule has 2 rings (SSSR count). The Balaban J connectivity index is 2.46. The molecule has 0 radical (unpaired) electrons. The molecular formula is C9H12N2O. The fourth-order valence-electron chi connectivity index (χ4n) is 1.51. The van der Waals surface area contributed by atoms with E-state index < -0.39 is 0 Å². The van der Waals surface area contributed by atoms with Crippen molar-refractivity contribution in [2.75, 3.05) is 0 Å². The van der Waals surface area contributed by atoms with E-state index in [0.29, 0.717) is 6.04 Å². The minimum atomic E-state index is 0.113. The van der Waals surface area contributed by atoms with Gasteiger partial charge in [0, 0.05) is 13.0 Å². The molecule has 0 N–H and O–H groups in total. The van der Waals surface area contributed by atoms with Crippen LogP contribution in [0.3, 0.4) is 0 Å². The van der Waals surface area contributed by atoms with E-state index in [4.69, 9.17) is 0 Å². The summed E-state index contributed by atoms with van der Waals surface area (Å²) < 4.78 is 2.06. The number of carbonyl (C=O) groups excluding carboxylic acids is 1. The molecule has 1 aliphatic carbocycles. The Bertz CT molecular complexity index is 323. The summed E-state index contributed by atoms with van der Waals surface area (Å²) in [4.78, 5) is 15.3. The quantitative estimate of drug-likeness (QED) is 0.624. The molecule has 64 valence electrons. The van der Waals surface area contributed by atoms with Gasteiger partial charge in [0.2, 0.25) is 0 Å². The van der Waals surface area contributed by atoms with Crippen LogP contribution in [0.2, 0.25) is 0 Å². The maximum Gasteiger partial charge on any atom is 0.177 e. The van der Waals surface area contributed by atoms with Crippen LogP contribution in [-0.2, 0) is 0 Å². The average molecular weight is 164 g/mol. The van der Waals surface area contributed by atoms with Gasteiger partial charge in [0.05, 0.1) is 6.20 Å². The Hall–Kier alpha value is -1.12. The summed E-state index contributed by atoms with van der Waals surface area (Å²) in [6.07, 6.45) is 4.06. The number of aryl methyl sites for hydroxylation is 1. The summed E-state index contributed by atoms with van der Waals surface area (Å²) in [5, 5.41) is 0. The Morgan fingerprint density at radius 3 is 2.83 bits per heavy atom. The lowest BCUT2D eigenvalue weighted by molar-refractivity contribution is 0.100. The van der Waals surface area contributed by atoms with Crippen LogP contribution in [0.5, 0.6) is 0 Å². The van der Waals surface area contributed by atoms with Crippen molar-refractivity contribution in [1.29, 1.82) is 0 Å². The van der Waals surface area contributed by atoms with Gasteiger partial charge in [-0.05, 0) is 19.8 Å². The molecule has 1 aromatic rings. The SMILES string of the molecule is CC(=O)c1cnc(C)n1C1CC1. The number of hydrogen-bond donors (Lipinski definition) is 0. The highest BCUT2D eigenvalue weighted by Crippen LogP contribution is 2.36. The van der Waals surface area contributed by atoms with Gasteiger partial charge in [-0.2, -0.15) is 0 Å². The van der Waals surface area contributed by atoms with Crippen molar-refractivity contribution in [2.24, 2.45) is 0 Å². The maximum absolute atomic E-state index is 11.2. The fraction of sp³-hybridized carbons (Fsp3) is 0.556. The Kier molecular flexibility index (Phi) is 1.53. The first-order chi connectivity index (χ1) is 5.70. The number of hydrogen-bond acceptors (Lipinski definition) is 2. The van der Waals surface area contributed by atoms with E-state index in [0.717, 1.165) is 11.5 Å². The van der Waals surface area contributed by atoms with Crippen LogP contribution >= 0.6 is 0 Å². The summed E-state index contributed by atoms with van der Waals surface area (Å²) in [5.41, 5.74) is 0.759. The van der Waals surface area contributed by atoms with Gasteiger partial charge in [-0.15, -0.1) is 0 Å². The van der Waals surface area contributed by atoms with Gasteiger partial charge in [-0.3, -0.25) is 4.79 Å². The summed E-state index contributed by atoms with van der Waals surface area (Å²) >= 11 is 0. The summed E-state index contributed by atoms with van der Waals surface area (Å²) in [7, 11) is 0. The number of nitrogens with zero attached hydrogens (tertiary/aromatic N) is 2. The topological polar surface area (TPSA) is 34.9 Å². The lowest BCUT2D eigenvalue weighted by Gasteiger charge is -2.04. The van der Waals surface area contributed by atoms with Gasteiger partial charge in [-0.1, -0.05) is 0 Å². The zero-order valence-corrected chi connectivity index (χ0v) is 7.37. The van der Waals surface area contributed by atoms with Crippen LogP contribution in [-0.4, -0.2) is 15.3 Å². The predicted octanol–water partition coefficient (Wildman–Crippen LogP) is 1.73. The van der Waals surface area contributed by atoms with Crippen molar-refractivity contribution in [1.82, 2.24) is 9.55 Å². The second-order valence-electron chi connectivity index (χ2n) is 3.35. The molecule has 12 heavy (non-hydrogen) atoms. The Labute approximate surface area is 71.4 Å². The first-order valence-corrected chi connectivity index (χ1v) is 4.25. The highest BCUT2D eigenvalue weighted by atomic mass is 16.1. The van der Waals surface area contributed by atoms with E-state index in [1.807, 2.05) is 6.92 Å². The molecule has 0 bridgehead atoms. The van der Waals surface area contributed by atoms with E-state index in [1.165, 1.54) is 12.8 Å². The normalized spacial score (nSPS) is 16.5. The molecule has 0 atom stereocenters. The lowest BCUT2D eigenvalue weighted by Crippen LogP contribution is -2.06. The average Bonchev–Trinajstić information content (AvgIpc) is 2.75. The van der Waals surface area contributed by atoms with E-state index in [1.54, 1.807) is 13.1 Å². The van der Waals surface area contributed by atoms with Crippen molar-refractivity contribution < 1.29 is 4.79 Å². The minimum Gasteiger partial charge on any atom is -0.323 e. The van der Waals surface area contributed by atoms with E-state index in [2.05, 4.69) is 9.55 Å². The molecular weight excluding hydrogens is 152 g/mol. The molecule has 0 amide bonds. The minimum absolute atomic E-state index is 0.113. The van der Waals surface area contributed by atoms with Crippen molar-refractivity contribution in [3.63, 3.8) is 0 Å². The van der Waals surface area contributed by atoms with Crippen molar-refractivity contribution in [2.45, 2.75) is 32.7 Å². The third kappa shape index (κ3) is 1.05. The van der Waals surface area contributed by atoms with E-state index in [-0.39, 0.29) is 5.78 Å². The van der Waals surface area contributed by atoms with E-state index in [9.17, 15) is 4.79 Å². The first kappa shape index (κ1) is 7.53. The van der Waals surface area contributed by atoms with Crippen molar-refractivity contribution >= 4 is 5.78 Å². The van der Waals surface area contributed by atoms with Gasteiger partial charge in [-0.25, -0.2) is 4.98 Å². The van der Waals surface area contributed by atoms with Crippen LogP contribution in [0.25, 0.3) is 0 Å². The number of carbonyl (C=O) groups is 1. The molecule has 1 aromatic heterocycles. The summed E-state index contributed by atoms with van der Waals surface area (Å²) in [6.45, 7) is 3.54. The third-order valence-electron chi connectivity index (χ3n) is 2.25. The lowest BCUT2D eigenvalue weighted by atomic mass is 10.3. The second kappa shape index (κ2) is 2.44. The van der Waals surface area contributed by atoms with Gasteiger partial charge in [0.15, 0.2) is 5.78 Å². The molecule has 0 unspecified atom stereocenters. The Morgan fingerprint density at radius 1 is 1.67 bits per heavy atom. The van der Waals surface area contributed by atoms with Gasteiger partial charge >= 0.3 is 0 Å². The monoisotopic (exact) mass is 164 g/mol. The first-order valence-electron chi connectivity index (χ1n) is 4.25. The largest absolute Gasteiger partial charge is 0.323 e. The highest BCUT2D eigenvalue weighted by molar-refractivity contribution is 5.92. The molecule has 0 saturated heterocycles. The summed E-state index contributed by atoms with van der Waals surface area (Å²) in [6, 6.07) is 0.548. The molecule has 0 aromatic carbocycles. The Morgan fingerprint density at radius 2 is 2.33 bits per heavy atom. The number of ketones is 1. The van der Waals surface area contributed by atoms with Crippen LogP contribution in [0, 0.1) is 6.92 Å². The van der Waals surface area contributed by atoms with Gasteiger partial charge in [0.1, 0.15) is 11.5 Å². The molecule has 1 heterocycles. The van der Waals surface area contributed by atoms with E-state index >= 15 is 0 Å². The molecule has 1 saturated carbocycles. The standard InChI is InChI=1S/C9H12N2O/c1-6(12)9-5-10-7(2)11(9)8-3-4-8/h5,8H,3-4H2,1-2H3. The smallest absolute Gasteiger partial charge is 0.177 e. The zero-order chi connectivity index (χ0) is 8.72. The van der Waals surface area contributed by atoms with Gasteiger partial charge < -0.3 is 4.57 Å². The molecule has 3 nitrogen and oxygen atoms in total. The zero-order valence-electron chi connectivity index (χ0n) is 7.37. The van der Waals surface area contributed by atoms with Crippen molar-refractivity contribution in [3.05, 3.63) is 17.7 Å². The molecule has 1 fully saturated rings. The maximum atomic E-state index is 11.2. The number of Topliss-reactive ketones (excluding diaryl/α,β-unsaturated/α-hetero) is 1. The summed E-state index contributed by atoms with van der Waals surface area (Å²) in [5.74, 6) is 1.07. The van der Waals surface area contributed by atoms with Crippen LogP contribution in [0.1, 0.15) is 42.1 Å². The van der Waals surface area contributed by atoms with Crippen LogP contribution < -0.4 is 0 Å². The molecule has 3 heteroatoms.